The van der Waals surface area contributed by atoms with Crippen molar-refractivity contribution in [1.29, 1.82) is 0 Å². The molecule has 0 aromatic heterocycles. The van der Waals surface area contributed by atoms with E-state index in [0.29, 0.717) is 0 Å². The molecular formula is C7H6O7Zn. The molecule has 0 aromatic carbocycles. The van der Waals surface area contributed by atoms with Crippen molar-refractivity contribution in [3.05, 3.63) is 0 Å². The van der Waals surface area contributed by atoms with Gasteiger partial charge in [0, 0.05) is 12.4 Å². The molecule has 0 bridgehead atoms. The standard InChI is InChI=1S/C7H8O7.Zn/c8-3-7(6(13)14,1-4(9)10)2-5(11)12;/h3H,1-2H2,(H,9,10)(H,11,12)(H,13,14);/q;+2/p-2. The van der Waals surface area contributed by atoms with Crippen LogP contribution >= 0.6 is 0 Å². The minimum Gasteiger partial charge on any atom is -0.550 e. The van der Waals surface area contributed by atoms with Crippen molar-refractivity contribution in [2.24, 2.45) is 5.41 Å². The first-order valence-electron chi connectivity index (χ1n) is 3.43. The van der Waals surface area contributed by atoms with Gasteiger partial charge in [-0.05, 0) is 0 Å². The van der Waals surface area contributed by atoms with Crippen LogP contribution in [0.1, 0.15) is 12.8 Å². The van der Waals surface area contributed by atoms with E-state index in [1.54, 1.807) is 0 Å². The summed E-state index contributed by atoms with van der Waals surface area (Å²) in [6.45, 7) is 0. The van der Waals surface area contributed by atoms with Crippen molar-refractivity contribution in [3.8, 4) is 0 Å². The summed E-state index contributed by atoms with van der Waals surface area (Å²) in [4.78, 5) is 41.1. The van der Waals surface area contributed by atoms with Crippen molar-refractivity contribution in [2.45, 2.75) is 12.8 Å². The quantitative estimate of drug-likeness (QED) is 0.300. The van der Waals surface area contributed by atoms with E-state index < -0.39 is 36.2 Å². The van der Waals surface area contributed by atoms with Crippen LogP contribution in [-0.4, -0.2) is 29.3 Å². The van der Waals surface area contributed by atoms with Gasteiger partial charge < -0.3 is 29.7 Å². The number of carboxylic acid groups (broad SMARTS) is 3. The first kappa shape index (κ1) is 16.1. The third kappa shape index (κ3) is 4.64. The molecule has 0 spiro atoms. The zero-order valence-electron chi connectivity index (χ0n) is 7.60. The topological polar surface area (TPSA) is 135 Å². The molecule has 0 saturated heterocycles. The van der Waals surface area contributed by atoms with Crippen LogP contribution in [0.25, 0.3) is 0 Å². The SMILES string of the molecule is O=CC(CC(=O)[O-])(CC(=O)O)C(=O)[O-].[Zn+2]. The van der Waals surface area contributed by atoms with E-state index in [9.17, 15) is 29.4 Å². The van der Waals surface area contributed by atoms with Gasteiger partial charge in [-0.15, -0.1) is 0 Å². The predicted octanol–water partition coefficient (Wildman–Crippen LogP) is -3.47. The van der Waals surface area contributed by atoms with Gasteiger partial charge in [0.15, 0.2) is 0 Å². The molecule has 0 saturated carbocycles. The van der Waals surface area contributed by atoms with Gasteiger partial charge in [-0.25, -0.2) is 0 Å². The molecular weight excluding hydrogens is 261 g/mol. The first-order valence-corrected chi connectivity index (χ1v) is 3.43. The summed E-state index contributed by atoms with van der Waals surface area (Å²) in [5.41, 5.74) is -2.55. The van der Waals surface area contributed by atoms with Crippen molar-refractivity contribution in [2.75, 3.05) is 0 Å². The van der Waals surface area contributed by atoms with Crippen LogP contribution < -0.4 is 10.2 Å². The third-order valence-corrected chi connectivity index (χ3v) is 1.56. The van der Waals surface area contributed by atoms with Crippen molar-refractivity contribution in [3.63, 3.8) is 0 Å². The van der Waals surface area contributed by atoms with Crippen LogP contribution in [0, 0.1) is 5.41 Å². The molecule has 1 N–H and O–H groups in total. The summed E-state index contributed by atoms with van der Waals surface area (Å²) in [5, 5.41) is 28.8. The molecule has 78 valence electrons. The van der Waals surface area contributed by atoms with Gasteiger partial charge in [0.05, 0.1) is 17.8 Å². The molecule has 1 unspecified atom stereocenters. The Hall–Kier alpha value is -1.30. The van der Waals surface area contributed by atoms with E-state index in [0.717, 1.165) is 0 Å². The minimum atomic E-state index is -2.55. The van der Waals surface area contributed by atoms with E-state index in [4.69, 9.17) is 5.11 Å². The van der Waals surface area contributed by atoms with Gasteiger partial charge in [-0.2, -0.15) is 0 Å². The van der Waals surface area contributed by atoms with Crippen molar-refractivity contribution in [1.82, 2.24) is 0 Å². The molecule has 0 fully saturated rings. The van der Waals surface area contributed by atoms with Crippen LogP contribution in [-0.2, 0) is 38.7 Å². The van der Waals surface area contributed by atoms with E-state index in [-0.39, 0.29) is 25.8 Å². The van der Waals surface area contributed by atoms with Gasteiger partial charge in [-0.1, -0.05) is 0 Å². The molecule has 0 radical (unpaired) electrons. The normalized spacial score (nSPS) is 13.1. The molecule has 7 nitrogen and oxygen atoms in total. The maximum absolute atomic E-state index is 10.4. The van der Waals surface area contributed by atoms with Crippen LogP contribution in [0.15, 0.2) is 0 Å². The molecule has 0 aromatic rings. The molecule has 0 aliphatic heterocycles. The molecule has 15 heavy (non-hydrogen) atoms. The molecule has 8 heteroatoms. The van der Waals surface area contributed by atoms with Gasteiger partial charge in [0.25, 0.3) is 0 Å². The summed E-state index contributed by atoms with van der Waals surface area (Å²) in [7, 11) is 0. The molecule has 0 aliphatic rings. The second kappa shape index (κ2) is 6.24. The number of hydrogen-bond donors (Lipinski definition) is 1. The Bertz CT molecular complexity index is 269. The average Bonchev–Trinajstić information content (AvgIpc) is 2.00. The Kier molecular flexibility index (Phi) is 6.71. The van der Waals surface area contributed by atoms with Crippen molar-refractivity contribution >= 4 is 24.2 Å². The zero-order valence-corrected chi connectivity index (χ0v) is 10.6. The maximum atomic E-state index is 10.4. The van der Waals surface area contributed by atoms with Gasteiger partial charge in [0.1, 0.15) is 6.29 Å². The van der Waals surface area contributed by atoms with Crippen molar-refractivity contribution < 1.29 is 54.0 Å². The number of carbonyl (C=O) groups excluding carboxylic acids is 3. The minimum absolute atomic E-state index is 0. The number of aldehydes is 1. The molecule has 0 aliphatic carbocycles. The van der Waals surface area contributed by atoms with Crippen LogP contribution in [0.3, 0.4) is 0 Å². The maximum Gasteiger partial charge on any atom is 2.00 e. The number of carboxylic acids is 3. The van der Waals surface area contributed by atoms with Gasteiger partial charge in [0.2, 0.25) is 0 Å². The number of rotatable bonds is 6. The Labute approximate surface area is 96.8 Å². The fourth-order valence-electron chi connectivity index (χ4n) is 0.866. The summed E-state index contributed by atoms with van der Waals surface area (Å²) >= 11 is 0. The summed E-state index contributed by atoms with van der Waals surface area (Å²) < 4.78 is 0. The van der Waals surface area contributed by atoms with Crippen LogP contribution in [0.2, 0.25) is 0 Å². The molecule has 0 heterocycles. The zero-order chi connectivity index (χ0) is 11.4. The number of carbonyl (C=O) groups is 4. The largest absolute Gasteiger partial charge is 2.00 e. The Balaban J connectivity index is 0. The Morgan fingerprint density at radius 2 is 1.67 bits per heavy atom. The second-order valence-corrected chi connectivity index (χ2v) is 2.68. The van der Waals surface area contributed by atoms with Crippen LogP contribution in [0.4, 0.5) is 0 Å². The third-order valence-electron chi connectivity index (χ3n) is 1.56. The number of hydrogen-bond acceptors (Lipinski definition) is 6. The average molecular weight is 268 g/mol. The van der Waals surface area contributed by atoms with Gasteiger partial charge in [-0.3, -0.25) is 4.79 Å². The Morgan fingerprint density at radius 1 is 1.20 bits per heavy atom. The van der Waals surface area contributed by atoms with E-state index in [1.807, 2.05) is 0 Å². The summed E-state index contributed by atoms with van der Waals surface area (Å²) in [6.07, 6.45) is -2.62. The van der Waals surface area contributed by atoms with Gasteiger partial charge >= 0.3 is 25.4 Å². The number of aliphatic carboxylic acids is 3. The fraction of sp³-hybridized carbons (Fsp3) is 0.429. The van der Waals surface area contributed by atoms with E-state index in [2.05, 4.69) is 0 Å². The molecule has 0 amide bonds. The monoisotopic (exact) mass is 266 g/mol. The summed E-state index contributed by atoms with van der Waals surface area (Å²) in [5.74, 6) is -5.48. The summed E-state index contributed by atoms with van der Waals surface area (Å²) in [6, 6.07) is 0. The van der Waals surface area contributed by atoms with E-state index >= 15 is 0 Å². The second-order valence-electron chi connectivity index (χ2n) is 2.68. The molecule has 1 atom stereocenters. The Morgan fingerprint density at radius 3 is 1.87 bits per heavy atom. The fourth-order valence-corrected chi connectivity index (χ4v) is 0.866. The van der Waals surface area contributed by atoms with Crippen LogP contribution in [0.5, 0.6) is 0 Å². The first-order chi connectivity index (χ1) is 6.34. The van der Waals surface area contributed by atoms with E-state index in [1.165, 1.54) is 0 Å². The predicted molar refractivity (Wildman–Crippen MR) is 35.4 cm³/mol. The smallest absolute Gasteiger partial charge is 0.550 e. The molecule has 0 rings (SSSR count).